The molecule has 13 rings (SSSR count). The molecule has 2 aliphatic rings. The average molecular weight is 739 g/mol. The maximum atomic E-state index is 6.54. The predicted octanol–water partition coefficient (Wildman–Crippen LogP) is 14.5. The van der Waals surface area contributed by atoms with E-state index in [4.69, 9.17) is 4.42 Å². The Morgan fingerprint density at radius 2 is 0.931 bits per heavy atom. The van der Waals surface area contributed by atoms with Crippen molar-refractivity contribution in [1.29, 1.82) is 0 Å². The van der Waals surface area contributed by atoms with Gasteiger partial charge in [0, 0.05) is 33.2 Å². The van der Waals surface area contributed by atoms with Crippen molar-refractivity contribution in [2.75, 3.05) is 4.90 Å². The number of anilines is 3. The lowest BCUT2D eigenvalue weighted by Crippen LogP contribution is -2.26. The van der Waals surface area contributed by atoms with Crippen LogP contribution < -0.4 is 4.90 Å². The Morgan fingerprint density at radius 1 is 0.379 bits per heavy atom. The van der Waals surface area contributed by atoms with Crippen LogP contribution in [-0.4, -0.2) is 4.57 Å². The molecular formula is C55H34N2O. The molecule has 3 heteroatoms. The van der Waals surface area contributed by atoms with Gasteiger partial charge >= 0.3 is 0 Å². The molecule has 0 fully saturated rings. The Labute approximate surface area is 335 Å². The number of fused-ring (bicyclic) bond motifs is 16. The Balaban J connectivity index is 1.12. The Hall–Kier alpha value is -7.62. The molecule has 2 aliphatic carbocycles. The molecule has 0 aliphatic heterocycles. The first-order chi connectivity index (χ1) is 28.8. The summed E-state index contributed by atoms with van der Waals surface area (Å²) in [6.45, 7) is 0. The molecular weight excluding hydrogens is 705 g/mol. The van der Waals surface area contributed by atoms with Crippen LogP contribution >= 0.6 is 0 Å². The van der Waals surface area contributed by atoms with E-state index in [9.17, 15) is 0 Å². The summed E-state index contributed by atoms with van der Waals surface area (Å²) in [7, 11) is 0. The quantitative estimate of drug-likeness (QED) is 0.179. The number of hydrogen-bond donors (Lipinski definition) is 0. The molecule has 58 heavy (non-hydrogen) atoms. The van der Waals surface area contributed by atoms with Crippen LogP contribution in [0.25, 0.3) is 71.7 Å². The summed E-state index contributed by atoms with van der Waals surface area (Å²) in [5, 5.41) is 4.62. The monoisotopic (exact) mass is 738 g/mol. The van der Waals surface area contributed by atoms with Gasteiger partial charge in [0.15, 0.2) is 0 Å². The third-order valence-electron chi connectivity index (χ3n) is 12.8. The highest BCUT2D eigenvalue weighted by molar-refractivity contribution is 6.15. The van der Waals surface area contributed by atoms with Crippen LogP contribution in [0.5, 0.6) is 0 Å². The molecule has 0 bridgehead atoms. The second-order valence-electron chi connectivity index (χ2n) is 15.6. The normalized spacial score (nSPS) is 13.3. The molecule has 2 aromatic heterocycles. The molecule has 2 heterocycles. The van der Waals surface area contributed by atoms with E-state index < -0.39 is 5.41 Å². The van der Waals surface area contributed by atoms with Crippen molar-refractivity contribution in [2.45, 2.75) is 5.41 Å². The Bertz CT molecular complexity index is 3420. The van der Waals surface area contributed by atoms with E-state index in [2.05, 4.69) is 210 Å². The fraction of sp³-hybridized carbons (Fsp3) is 0.0182. The van der Waals surface area contributed by atoms with E-state index in [1.807, 2.05) is 6.07 Å². The smallest absolute Gasteiger partial charge is 0.137 e. The lowest BCUT2D eigenvalue weighted by molar-refractivity contribution is 0.669. The minimum absolute atomic E-state index is 0.456. The first kappa shape index (κ1) is 31.6. The Morgan fingerprint density at radius 3 is 1.67 bits per heavy atom. The fourth-order valence-corrected chi connectivity index (χ4v) is 10.5. The van der Waals surface area contributed by atoms with Crippen LogP contribution in [0, 0.1) is 0 Å². The standard InChI is InChI=1S/C55H34N2O/c1-2-15-35(16-3-1)57-49-25-12-7-20-42(49)44-33-36(30-32-50(44)57)56(51-26-14-28-53-54(51)43-21-8-13-27-52(43)58-53)37-29-31-41-40-19-6-11-24-47(40)55(48(41)34-37)45-22-9-4-17-38(45)39-18-5-10-23-46(39)55/h1-34H. The predicted molar refractivity (Wildman–Crippen MR) is 239 cm³/mol. The van der Waals surface area contributed by atoms with E-state index in [1.54, 1.807) is 0 Å². The summed E-state index contributed by atoms with van der Waals surface area (Å²) in [6.07, 6.45) is 0. The zero-order chi connectivity index (χ0) is 38.0. The molecule has 1 spiro atoms. The highest BCUT2D eigenvalue weighted by atomic mass is 16.3. The second-order valence-corrected chi connectivity index (χ2v) is 15.6. The molecule has 0 N–H and O–H groups in total. The summed E-state index contributed by atoms with van der Waals surface area (Å²) in [5.74, 6) is 0. The number of nitrogens with zero attached hydrogens (tertiary/aromatic N) is 2. The van der Waals surface area contributed by atoms with Gasteiger partial charge in [0.1, 0.15) is 11.2 Å². The molecule has 11 aromatic rings. The third-order valence-corrected chi connectivity index (χ3v) is 12.8. The SMILES string of the molecule is c1ccc(-n2c3ccccc3c3cc(N(c4ccc5c(c4)C4(c6ccccc6-c6ccccc64)c4ccccc4-5)c4cccc5oc6ccccc6c45)ccc32)cc1. The highest BCUT2D eigenvalue weighted by Gasteiger charge is 2.51. The summed E-state index contributed by atoms with van der Waals surface area (Å²) in [5.41, 5.74) is 18.5. The topological polar surface area (TPSA) is 21.3 Å². The second kappa shape index (κ2) is 11.7. The van der Waals surface area contributed by atoms with Gasteiger partial charge in [-0.05, 0) is 111 Å². The number of para-hydroxylation sites is 3. The first-order valence-electron chi connectivity index (χ1n) is 20.0. The van der Waals surface area contributed by atoms with Gasteiger partial charge in [-0.15, -0.1) is 0 Å². The van der Waals surface area contributed by atoms with Crippen molar-refractivity contribution in [3.63, 3.8) is 0 Å². The first-order valence-corrected chi connectivity index (χ1v) is 20.0. The van der Waals surface area contributed by atoms with Crippen LogP contribution in [-0.2, 0) is 5.41 Å². The maximum Gasteiger partial charge on any atom is 0.137 e. The van der Waals surface area contributed by atoms with Crippen molar-refractivity contribution in [3.8, 4) is 27.9 Å². The number of hydrogen-bond acceptors (Lipinski definition) is 2. The van der Waals surface area contributed by atoms with Gasteiger partial charge in [-0.3, -0.25) is 0 Å². The lowest BCUT2D eigenvalue weighted by Gasteiger charge is -2.32. The Kier molecular flexibility index (Phi) is 6.37. The van der Waals surface area contributed by atoms with Gasteiger partial charge in [-0.2, -0.15) is 0 Å². The molecule has 0 radical (unpaired) electrons. The molecule has 0 unspecified atom stereocenters. The minimum atomic E-state index is -0.456. The number of aromatic nitrogens is 1. The number of furan rings is 1. The van der Waals surface area contributed by atoms with Crippen molar-refractivity contribution in [3.05, 3.63) is 229 Å². The lowest BCUT2D eigenvalue weighted by atomic mass is 9.70. The summed E-state index contributed by atoms with van der Waals surface area (Å²) >= 11 is 0. The molecule has 0 saturated heterocycles. The van der Waals surface area contributed by atoms with Crippen LogP contribution in [0.3, 0.4) is 0 Å². The van der Waals surface area contributed by atoms with Gasteiger partial charge in [-0.1, -0.05) is 140 Å². The summed E-state index contributed by atoms with van der Waals surface area (Å²) in [4.78, 5) is 2.46. The third kappa shape index (κ3) is 4.07. The van der Waals surface area contributed by atoms with Gasteiger partial charge < -0.3 is 13.9 Å². The van der Waals surface area contributed by atoms with Gasteiger partial charge in [0.05, 0.1) is 27.5 Å². The molecule has 0 amide bonds. The van der Waals surface area contributed by atoms with Crippen LogP contribution in [0.2, 0.25) is 0 Å². The van der Waals surface area contributed by atoms with E-state index >= 15 is 0 Å². The van der Waals surface area contributed by atoms with Crippen LogP contribution in [0.4, 0.5) is 17.1 Å². The average Bonchev–Trinajstić information content (AvgIpc) is 4.01. The summed E-state index contributed by atoms with van der Waals surface area (Å²) in [6, 6.07) is 75.5. The van der Waals surface area contributed by atoms with E-state index in [0.717, 1.165) is 44.7 Å². The zero-order valence-corrected chi connectivity index (χ0v) is 31.4. The van der Waals surface area contributed by atoms with Crippen molar-refractivity contribution < 1.29 is 4.42 Å². The molecule has 270 valence electrons. The van der Waals surface area contributed by atoms with Crippen molar-refractivity contribution >= 4 is 60.8 Å². The largest absolute Gasteiger partial charge is 0.456 e. The molecule has 3 nitrogen and oxygen atoms in total. The zero-order valence-electron chi connectivity index (χ0n) is 31.4. The summed E-state index contributed by atoms with van der Waals surface area (Å²) < 4.78 is 8.92. The highest BCUT2D eigenvalue weighted by Crippen LogP contribution is 2.63. The molecule has 0 saturated carbocycles. The van der Waals surface area contributed by atoms with E-state index in [1.165, 1.54) is 66.3 Å². The van der Waals surface area contributed by atoms with Gasteiger partial charge in [0.2, 0.25) is 0 Å². The molecule has 9 aromatic carbocycles. The number of benzene rings is 9. The fourth-order valence-electron chi connectivity index (χ4n) is 10.5. The van der Waals surface area contributed by atoms with Gasteiger partial charge in [-0.25, -0.2) is 0 Å². The molecule has 0 atom stereocenters. The van der Waals surface area contributed by atoms with Crippen LogP contribution in [0.1, 0.15) is 22.3 Å². The van der Waals surface area contributed by atoms with Crippen LogP contribution in [0.15, 0.2) is 211 Å². The number of rotatable bonds is 4. The van der Waals surface area contributed by atoms with E-state index in [-0.39, 0.29) is 0 Å². The van der Waals surface area contributed by atoms with Crippen molar-refractivity contribution in [2.24, 2.45) is 0 Å². The van der Waals surface area contributed by atoms with E-state index in [0.29, 0.717) is 0 Å². The maximum absolute atomic E-state index is 6.54. The van der Waals surface area contributed by atoms with Crippen molar-refractivity contribution in [1.82, 2.24) is 4.57 Å². The minimum Gasteiger partial charge on any atom is -0.456 e. The van der Waals surface area contributed by atoms with Gasteiger partial charge in [0.25, 0.3) is 0 Å².